The summed E-state index contributed by atoms with van der Waals surface area (Å²) >= 11 is 5.73. The predicted octanol–water partition coefficient (Wildman–Crippen LogP) is 4.44. The molecule has 27 heavy (non-hydrogen) atoms. The van der Waals surface area contributed by atoms with Gasteiger partial charge >= 0.3 is 0 Å². The van der Waals surface area contributed by atoms with Gasteiger partial charge in [0.05, 0.1) is 0 Å². The second kappa shape index (κ2) is 7.04. The van der Waals surface area contributed by atoms with Crippen molar-refractivity contribution in [2.75, 3.05) is 31.5 Å². The summed E-state index contributed by atoms with van der Waals surface area (Å²) < 4.78 is 0. The van der Waals surface area contributed by atoms with Crippen molar-refractivity contribution in [3.05, 3.63) is 29.3 Å². The third-order valence-corrected chi connectivity index (χ3v) is 8.32. The molecule has 1 aromatic rings. The highest BCUT2D eigenvalue weighted by Crippen LogP contribution is 2.55. The van der Waals surface area contributed by atoms with Gasteiger partial charge in [-0.15, -0.1) is 0 Å². The van der Waals surface area contributed by atoms with Gasteiger partial charge in [-0.05, 0) is 105 Å². The van der Waals surface area contributed by atoms with Crippen molar-refractivity contribution in [2.24, 2.45) is 23.7 Å². The number of hydrogen-bond acceptors (Lipinski definition) is 2. The SMILES string of the molecule is Cc1ccc(NC(=S)N2CCN(C3C4CC5CC(C4)CC3C5)CC2)cc1C. The number of nitrogens with zero attached hydrogens (tertiary/aromatic N) is 2. The average Bonchev–Trinajstić information content (AvgIpc) is 2.64. The number of aryl methyl sites for hydroxylation is 2. The highest BCUT2D eigenvalue weighted by atomic mass is 32.1. The maximum Gasteiger partial charge on any atom is 0.173 e. The molecule has 0 amide bonds. The van der Waals surface area contributed by atoms with Crippen LogP contribution in [0.25, 0.3) is 0 Å². The van der Waals surface area contributed by atoms with Crippen LogP contribution < -0.4 is 5.32 Å². The van der Waals surface area contributed by atoms with Crippen LogP contribution in [-0.4, -0.2) is 47.1 Å². The molecular weight excluding hydrogens is 350 g/mol. The van der Waals surface area contributed by atoms with Crippen molar-refractivity contribution < 1.29 is 0 Å². The number of anilines is 1. The number of hydrogen-bond donors (Lipinski definition) is 1. The zero-order chi connectivity index (χ0) is 18.5. The van der Waals surface area contributed by atoms with Gasteiger partial charge in [0, 0.05) is 37.9 Å². The summed E-state index contributed by atoms with van der Waals surface area (Å²) in [6, 6.07) is 7.39. The van der Waals surface area contributed by atoms with E-state index in [2.05, 4.69) is 47.2 Å². The van der Waals surface area contributed by atoms with Crippen molar-refractivity contribution in [1.29, 1.82) is 0 Å². The van der Waals surface area contributed by atoms with Gasteiger partial charge in [-0.25, -0.2) is 0 Å². The van der Waals surface area contributed by atoms with E-state index in [0.717, 1.165) is 53.6 Å². The molecule has 3 nitrogen and oxygen atoms in total. The minimum absolute atomic E-state index is 0.876. The molecule has 4 bridgehead atoms. The Balaban J connectivity index is 1.18. The Kier molecular flexibility index (Phi) is 4.68. The summed E-state index contributed by atoms with van der Waals surface area (Å²) in [5.74, 6) is 4.13. The fraction of sp³-hybridized carbons (Fsp3) is 0.696. The molecule has 4 heteroatoms. The first-order valence-corrected chi connectivity index (χ1v) is 11.3. The average molecular weight is 384 g/mol. The molecule has 1 aliphatic heterocycles. The maximum atomic E-state index is 5.73. The molecule has 0 aromatic heterocycles. The molecule has 0 spiro atoms. The lowest BCUT2D eigenvalue weighted by Crippen LogP contribution is -2.60. The van der Waals surface area contributed by atoms with E-state index in [-0.39, 0.29) is 0 Å². The summed E-state index contributed by atoms with van der Waals surface area (Å²) in [7, 11) is 0. The lowest BCUT2D eigenvalue weighted by Gasteiger charge is -2.58. The Morgan fingerprint density at radius 1 is 0.889 bits per heavy atom. The van der Waals surface area contributed by atoms with Crippen LogP contribution in [-0.2, 0) is 0 Å². The number of nitrogens with one attached hydrogen (secondary N) is 1. The van der Waals surface area contributed by atoms with Crippen molar-refractivity contribution in [3.8, 4) is 0 Å². The smallest absolute Gasteiger partial charge is 0.173 e. The molecule has 6 rings (SSSR count). The third kappa shape index (κ3) is 3.40. The Morgan fingerprint density at radius 2 is 1.52 bits per heavy atom. The second-order valence-electron chi connectivity index (χ2n) is 9.67. The Bertz CT molecular complexity index is 694. The van der Waals surface area contributed by atoms with E-state index in [4.69, 9.17) is 12.2 Å². The first kappa shape index (κ1) is 17.9. The fourth-order valence-corrected chi connectivity index (χ4v) is 7.04. The number of rotatable bonds is 2. The molecule has 5 fully saturated rings. The van der Waals surface area contributed by atoms with E-state index >= 15 is 0 Å². The quantitative estimate of drug-likeness (QED) is 0.761. The standard InChI is InChI=1S/C23H33N3S/c1-15-3-4-21(9-16(15)2)24-23(27)26-7-5-25(6-8-26)22-19-11-17-10-18(13-19)14-20(22)12-17/h3-4,9,17-20,22H,5-8,10-14H2,1-2H3,(H,24,27). The lowest BCUT2D eigenvalue weighted by molar-refractivity contribution is -0.0726. The third-order valence-electron chi connectivity index (χ3n) is 7.96. The van der Waals surface area contributed by atoms with Gasteiger partial charge in [-0.3, -0.25) is 4.90 Å². The Hall–Kier alpha value is -1.13. The Labute approximate surface area is 169 Å². The summed E-state index contributed by atoms with van der Waals surface area (Å²) in [6.45, 7) is 8.82. The maximum absolute atomic E-state index is 5.73. The van der Waals surface area contributed by atoms with E-state index in [1.165, 1.54) is 49.9 Å². The Morgan fingerprint density at radius 3 is 2.11 bits per heavy atom. The number of thiocarbonyl (C=S) groups is 1. The van der Waals surface area contributed by atoms with Gasteiger partial charge in [0.25, 0.3) is 0 Å². The van der Waals surface area contributed by atoms with Crippen molar-refractivity contribution in [1.82, 2.24) is 9.80 Å². The summed E-state index contributed by atoms with van der Waals surface area (Å²) in [5, 5.41) is 4.36. The van der Waals surface area contributed by atoms with Gasteiger partial charge in [0.1, 0.15) is 0 Å². The van der Waals surface area contributed by atoms with E-state index in [0.29, 0.717) is 0 Å². The molecule has 0 atom stereocenters. The van der Waals surface area contributed by atoms with E-state index in [1.54, 1.807) is 6.42 Å². The topological polar surface area (TPSA) is 18.5 Å². The zero-order valence-corrected chi connectivity index (χ0v) is 17.6. The summed E-state index contributed by atoms with van der Waals surface area (Å²) in [5.41, 5.74) is 3.76. The fourth-order valence-electron chi connectivity index (χ4n) is 6.74. The minimum atomic E-state index is 0.876. The van der Waals surface area contributed by atoms with Crippen LogP contribution in [0.3, 0.4) is 0 Å². The molecular formula is C23H33N3S. The molecule has 1 N–H and O–H groups in total. The molecule has 5 aliphatic rings. The molecule has 1 heterocycles. The zero-order valence-electron chi connectivity index (χ0n) is 16.8. The van der Waals surface area contributed by atoms with E-state index in [9.17, 15) is 0 Å². The van der Waals surface area contributed by atoms with Gasteiger partial charge in [0.15, 0.2) is 5.11 Å². The normalized spacial score (nSPS) is 35.5. The van der Waals surface area contributed by atoms with Gasteiger partial charge < -0.3 is 10.2 Å². The largest absolute Gasteiger partial charge is 0.346 e. The summed E-state index contributed by atoms with van der Waals surface area (Å²) in [6.07, 6.45) is 7.62. The van der Waals surface area contributed by atoms with Crippen molar-refractivity contribution >= 4 is 23.0 Å². The molecule has 4 aliphatic carbocycles. The molecule has 0 radical (unpaired) electrons. The van der Waals surface area contributed by atoms with Gasteiger partial charge in [-0.1, -0.05) is 6.07 Å². The first-order chi connectivity index (χ1) is 13.1. The van der Waals surface area contributed by atoms with Crippen LogP contribution in [0.15, 0.2) is 18.2 Å². The van der Waals surface area contributed by atoms with Crippen LogP contribution in [0.1, 0.15) is 43.2 Å². The van der Waals surface area contributed by atoms with Crippen LogP contribution in [0.4, 0.5) is 5.69 Å². The van der Waals surface area contributed by atoms with Gasteiger partial charge in [0.2, 0.25) is 0 Å². The molecule has 1 saturated heterocycles. The van der Waals surface area contributed by atoms with Crippen molar-refractivity contribution in [3.63, 3.8) is 0 Å². The highest BCUT2D eigenvalue weighted by Gasteiger charge is 2.50. The molecule has 0 unspecified atom stereocenters. The van der Waals surface area contributed by atoms with Crippen LogP contribution >= 0.6 is 12.2 Å². The molecule has 1 aromatic carbocycles. The van der Waals surface area contributed by atoms with Crippen molar-refractivity contribution in [2.45, 2.75) is 52.0 Å². The van der Waals surface area contributed by atoms with Crippen LogP contribution in [0, 0.1) is 37.5 Å². The minimum Gasteiger partial charge on any atom is -0.346 e. The monoisotopic (exact) mass is 383 g/mol. The predicted molar refractivity (Wildman–Crippen MR) is 116 cm³/mol. The highest BCUT2D eigenvalue weighted by molar-refractivity contribution is 7.80. The first-order valence-electron chi connectivity index (χ1n) is 10.9. The number of benzene rings is 1. The lowest BCUT2D eigenvalue weighted by atomic mass is 9.54. The van der Waals surface area contributed by atoms with Crippen LogP contribution in [0.2, 0.25) is 0 Å². The van der Waals surface area contributed by atoms with E-state index in [1.807, 2.05) is 0 Å². The summed E-state index contributed by atoms with van der Waals surface area (Å²) in [4.78, 5) is 5.21. The van der Waals surface area contributed by atoms with Crippen LogP contribution in [0.5, 0.6) is 0 Å². The molecule has 146 valence electrons. The number of piperazine rings is 1. The van der Waals surface area contributed by atoms with Gasteiger partial charge in [-0.2, -0.15) is 0 Å². The molecule has 4 saturated carbocycles. The second-order valence-corrected chi connectivity index (χ2v) is 10.1. The van der Waals surface area contributed by atoms with E-state index < -0.39 is 0 Å².